The Hall–Kier alpha value is -1.07. The SMILES string of the molecule is CC(C)C[C@H](NC(=O)c1ccc(Br)cc1Cl)C(=O)O. The van der Waals surface area contributed by atoms with Gasteiger partial charge in [-0.25, -0.2) is 4.79 Å². The Morgan fingerprint density at radius 1 is 1.42 bits per heavy atom. The first kappa shape index (κ1) is 16.0. The van der Waals surface area contributed by atoms with Gasteiger partial charge < -0.3 is 10.4 Å². The minimum Gasteiger partial charge on any atom is -0.480 e. The summed E-state index contributed by atoms with van der Waals surface area (Å²) in [6, 6.07) is 3.91. The van der Waals surface area contributed by atoms with E-state index in [9.17, 15) is 9.59 Å². The predicted molar refractivity (Wildman–Crippen MR) is 77.5 cm³/mol. The van der Waals surface area contributed by atoms with Crippen LogP contribution in [0, 0.1) is 5.92 Å². The van der Waals surface area contributed by atoms with Crippen molar-refractivity contribution in [2.24, 2.45) is 5.92 Å². The number of aliphatic carboxylic acids is 1. The van der Waals surface area contributed by atoms with Gasteiger partial charge in [0.15, 0.2) is 0 Å². The van der Waals surface area contributed by atoms with Crippen molar-refractivity contribution in [2.45, 2.75) is 26.3 Å². The molecule has 0 spiro atoms. The molecular weight excluding hydrogens is 334 g/mol. The van der Waals surface area contributed by atoms with Gasteiger partial charge in [-0.3, -0.25) is 4.79 Å². The molecule has 6 heteroatoms. The molecule has 0 aliphatic carbocycles. The van der Waals surface area contributed by atoms with Gasteiger partial charge in [-0.1, -0.05) is 41.4 Å². The van der Waals surface area contributed by atoms with E-state index in [2.05, 4.69) is 21.2 Å². The third kappa shape index (κ3) is 4.84. The van der Waals surface area contributed by atoms with Crippen LogP contribution >= 0.6 is 27.5 Å². The summed E-state index contributed by atoms with van der Waals surface area (Å²) in [4.78, 5) is 23.1. The Kier molecular flexibility index (Phi) is 5.82. The van der Waals surface area contributed by atoms with Crippen molar-refractivity contribution in [1.82, 2.24) is 5.32 Å². The monoisotopic (exact) mass is 347 g/mol. The molecule has 1 amide bonds. The Labute approximate surface area is 125 Å². The number of carboxylic acid groups (broad SMARTS) is 1. The smallest absolute Gasteiger partial charge is 0.326 e. The van der Waals surface area contributed by atoms with E-state index in [4.69, 9.17) is 16.7 Å². The lowest BCUT2D eigenvalue weighted by atomic mass is 10.0. The van der Waals surface area contributed by atoms with Crippen LogP contribution in [-0.4, -0.2) is 23.0 Å². The van der Waals surface area contributed by atoms with Crippen molar-refractivity contribution in [3.63, 3.8) is 0 Å². The highest BCUT2D eigenvalue weighted by atomic mass is 79.9. The summed E-state index contributed by atoms with van der Waals surface area (Å²) in [5.74, 6) is -1.36. The molecule has 19 heavy (non-hydrogen) atoms. The van der Waals surface area contributed by atoms with Crippen LogP contribution in [0.4, 0.5) is 0 Å². The van der Waals surface area contributed by atoms with E-state index >= 15 is 0 Å². The average molecular weight is 349 g/mol. The molecule has 0 fully saturated rings. The Morgan fingerprint density at radius 2 is 2.05 bits per heavy atom. The number of rotatable bonds is 5. The lowest BCUT2D eigenvalue weighted by Crippen LogP contribution is -2.41. The summed E-state index contributed by atoms with van der Waals surface area (Å²) in [5, 5.41) is 11.8. The molecule has 0 unspecified atom stereocenters. The summed E-state index contributed by atoms with van der Waals surface area (Å²) in [6.07, 6.45) is 0.370. The lowest BCUT2D eigenvalue weighted by molar-refractivity contribution is -0.139. The number of nitrogens with one attached hydrogen (secondary N) is 1. The maximum Gasteiger partial charge on any atom is 0.326 e. The van der Waals surface area contributed by atoms with E-state index in [1.54, 1.807) is 18.2 Å². The van der Waals surface area contributed by atoms with Crippen LogP contribution < -0.4 is 5.32 Å². The van der Waals surface area contributed by atoms with Crippen LogP contribution in [0.1, 0.15) is 30.6 Å². The van der Waals surface area contributed by atoms with E-state index in [1.807, 2.05) is 13.8 Å². The maximum absolute atomic E-state index is 12.0. The van der Waals surface area contributed by atoms with Gasteiger partial charge in [0, 0.05) is 4.47 Å². The van der Waals surface area contributed by atoms with Crippen molar-refractivity contribution in [3.8, 4) is 0 Å². The summed E-state index contributed by atoms with van der Waals surface area (Å²) in [6.45, 7) is 3.80. The minimum atomic E-state index is -1.05. The molecule has 2 N–H and O–H groups in total. The number of carbonyl (C=O) groups excluding carboxylic acids is 1. The Bertz CT molecular complexity index is 491. The van der Waals surface area contributed by atoms with Crippen LogP contribution in [-0.2, 0) is 4.79 Å². The Morgan fingerprint density at radius 3 is 2.53 bits per heavy atom. The number of benzene rings is 1. The number of carboxylic acids is 1. The highest BCUT2D eigenvalue weighted by molar-refractivity contribution is 9.10. The first-order valence-electron chi connectivity index (χ1n) is 5.80. The summed E-state index contributed by atoms with van der Waals surface area (Å²) < 4.78 is 0.756. The number of hydrogen-bond acceptors (Lipinski definition) is 2. The van der Waals surface area contributed by atoms with Gasteiger partial charge in [-0.05, 0) is 30.5 Å². The zero-order valence-corrected chi connectivity index (χ0v) is 13.0. The zero-order chi connectivity index (χ0) is 14.6. The number of carbonyl (C=O) groups is 2. The van der Waals surface area contributed by atoms with Crippen molar-refractivity contribution < 1.29 is 14.7 Å². The number of amides is 1. The van der Waals surface area contributed by atoms with Crippen LogP contribution in [0.2, 0.25) is 5.02 Å². The molecule has 0 bridgehead atoms. The van der Waals surface area contributed by atoms with Crippen molar-refractivity contribution in [1.29, 1.82) is 0 Å². The van der Waals surface area contributed by atoms with Crippen LogP contribution in [0.5, 0.6) is 0 Å². The van der Waals surface area contributed by atoms with Gasteiger partial charge in [0.25, 0.3) is 5.91 Å². The second-order valence-electron chi connectivity index (χ2n) is 4.62. The van der Waals surface area contributed by atoms with E-state index < -0.39 is 17.9 Å². The molecule has 0 aliphatic rings. The highest BCUT2D eigenvalue weighted by Gasteiger charge is 2.22. The zero-order valence-electron chi connectivity index (χ0n) is 10.6. The van der Waals surface area contributed by atoms with Crippen molar-refractivity contribution >= 4 is 39.4 Å². The molecule has 0 saturated heterocycles. The second-order valence-corrected chi connectivity index (χ2v) is 5.94. The minimum absolute atomic E-state index is 0.168. The normalized spacial score (nSPS) is 12.3. The number of halogens is 2. The highest BCUT2D eigenvalue weighted by Crippen LogP contribution is 2.21. The van der Waals surface area contributed by atoms with Gasteiger partial charge in [0.1, 0.15) is 6.04 Å². The predicted octanol–water partition coefficient (Wildman–Crippen LogP) is 3.33. The molecule has 0 heterocycles. The molecule has 1 aromatic rings. The van der Waals surface area contributed by atoms with E-state index in [1.165, 1.54) is 0 Å². The molecule has 0 aromatic heterocycles. The van der Waals surface area contributed by atoms with E-state index in [-0.39, 0.29) is 16.5 Å². The molecule has 0 aliphatic heterocycles. The molecular formula is C13H15BrClNO3. The lowest BCUT2D eigenvalue weighted by Gasteiger charge is -2.16. The summed E-state index contributed by atoms with van der Waals surface area (Å²) in [5.41, 5.74) is 0.264. The van der Waals surface area contributed by atoms with Gasteiger partial charge in [-0.15, -0.1) is 0 Å². The summed E-state index contributed by atoms with van der Waals surface area (Å²) >= 11 is 9.20. The molecule has 4 nitrogen and oxygen atoms in total. The Balaban J connectivity index is 2.84. The molecule has 0 saturated carbocycles. The van der Waals surface area contributed by atoms with Gasteiger partial charge >= 0.3 is 5.97 Å². The fourth-order valence-electron chi connectivity index (χ4n) is 1.60. The third-order valence-electron chi connectivity index (χ3n) is 2.49. The van der Waals surface area contributed by atoms with Gasteiger partial charge in [0.05, 0.1) is 10.6 Å². The summed E-state index contributed by atoms with van der Waals surface area (Å²) in [7, 11) is 0. The van der Waals surface area contributed by atoms with Gasteiger partial charge in [-0.2, -0.15) is 0 Å². The van der Waals surface area contributed by atoms with Crippen LogP contribution in [0.3, 0.4) is 0 Å². The maximum atomic E-state index is 12.0. The third-order valence-corrected chi connectivity index (χ3v) is 3.29. The molecule has 0 radical (unpaired) electrons. The fraction of sp³-hybridized carbons (Fsp3) is 0.385. The van der Waals surface area contributed by atoms with Gasteiger partial charge in [0.2, 0.25) is 0 Å². The number of hydrogen-bond donors (Lipinski definition) is 2. The van der Waals surface area contributed by atoms with E-state index in [0.29, 0.717) is 6.42 Å². The average Bonchev–Trinajstić information content (AvgIpc) is 2.26. The molecule has 1 rings (SSSR count). The van der Waals surface area contributed by atoms with Crippen LogP contribution in [0.25, 0.3) is 0 Å². The van der Waals surface area contributed by atoms with Crippen molar-refractivity contribution in [2.75, 3.05) is 0 Å². The molecule has 1 atom stereocenters. The molecule has 1 aromatic carbocycles. The van der Waals surface area contributed by atoms with Crippen LogP contribution in [0.15, 0.2) is 22.7 Å². The quantitative estimate of drug-likeness (QED) is 0.857. The fourth-order valence-corrected chi connectivity index (χ4v) is 2.36. The largest absolute Gasteiger partial charge is 0.480 e. The molecule has 104 valence electrons. The first-order valence-corrected chi connectivity index (χ1v) is 6.97. The standard InChI is InChI=1S/C13H15BrClNO3/c1-7(2)5-11(13(18)19)16-12(17)9-4-3-8(14)6-10(9)15/h3-4,6-7,11H,5H2,1-2H3,(H,16,17)(H,18,19)/t11-/m0/s1. The first-order chi connectivity index (χ1) is 8.81. The van der Waals surface area contributed by atoms with E-state index in [0.717, 1.165) is 4.47 Å². The topological polar surface area (TPSA) is 66.4 Å². The van der Waals surface area contributed by atoms with Crippen molar-refractivity contribution in [3.05, 3.63) is 33.3 Å². The second kappa shape index (κ2) is 6.91.